The van der Waals surface area contributed by atoms with Gasteiger partial charge in [-0.2, -0.15) is 0 Å². The molecule has 6 heterocycles. The van der Waals surface area contributed by atoms with Crippen LogP contribution < -0.4 is 10.6 Å². The van der Waals surface area contributed by atoms with E-state index in [-0.39, 0.29) is 39.6 Å². The van der Waals surface area contributed by atoms with Crippen molar-refractivity contribution in [3.63, 3.8) is 0 Å². The average molecular weight is 965 g/mol. The van der Waals surface area contributed by atoms with E-state index in [1.807, 2.05) is 12.1 Å². The molecule has 19 nitrogen and oxygen atoms in total. The first-order valence-electron chi connectivity index (χ1n) is 22.4. The second-order valence-electron chi connectivity index (χ2n) is 20.0. The van der Waals surface area contributed by atoms with Crippen molar-refractivity contribution in [3.05, 3.63) is 97.1 Å². The molecule has 2 aromatic carbocycles. The molecule has 0 aliphatic carbocycles. The van der Waals surface area contributed by atoms with E-state index >= 15 is 0 Å². The lowest BCUT2D eigenvalue weighted by Crippen LogP contribution is -2.47. The summed E-state index contributed by atoms with van der Waals surface area (Å²) in [6.45, 7) is 22.8. The highest BCUT2D eigenvalue weighted by molar-refractivity contribution is 6.74. The van der Waals surface area contributed by atoms with Crippen LogP contribution in [0, 0.1) is 0 Å². The number of hydrogen-bond donors (Lipinski definition) is 3. The Balaban J connectivity index is 0.000000201. The number of fused-ring (bicyclic) bond motifs is 2. The SMILES string of the molecule is CC(=O)[C@H]1O[C@@H](n2cnc3c(NC(=O)c4ccccc4)ncnc32)C[C@H]1O[Si](C)(C)C(C)(C)C.CC(C)(C)[Si](C)(C)O[C@@H]1C[C@H](n2cnc3c(NC(=O)c4ccccc4)ncnc32)O[C@@H]1C(=O)O. The molecule has 2 saturated heterocycles. The topological polar surface area (TPSA) is 237 Å². The fourth-order valence-electron chi connectivity index (χ4n) is 7.38. The first-order chi connectivity index (χ1) is 32.0. The summed E-state index contributed by atoms with van der Waals surface area (Å²) in [6, 6.07) is 17.7. The molecule has 2 amide bonds. The first-order valence-corrected chi connectivity index (χ1v) is 28.2. The van der Waals surface area contributed by atoms with Crippen molar-refractivity contribution in [1.29, 1.82) is 0 Å². The second kappa shape index (κ2) is 19.5. The monoisotopic (exact) mass is 964 g/mol. The van der Waals surface area contributed by atoms with E-state index in [1.165, 1.54) is 25.9 Å². The summed E-state index contributed by atoms with van der Waals surface area (Å²) in [4.78, 5) is 75.4. The number of aliphatic carboxylic acids is 1. The van der Waals surface area contributed by atoms with Crippen molar-refractivity contribution in [2.45, 2.75) is 134 Å². The number of rotatable bonds is 12. The van der Waals surface area contributed by atoms with E-state index in [2.05, 4.69) is 108 Å². The molecule has 68 heavy (non-hydrogen) atoms. The third-order valence-electron chi connectivity index (χ3n) is 13.2. The number of anilines is 2. The van der Waals surface area contributed by atoms with Crippen molar-refractivity contribution in [3.8, 4) is 0 Å². The molecular weight excluding hydrogens is 905 g/mol. The number of imidazole rings is 2. The van der Waals surface area contributed by atoms with Crippen LogP contribution in [-0.2, 0) is 27.9 Å². The lowest BCUT2D eigenvalue weighted by molar-refractivity contribution is -0.154. The minimum atomic E-state index is -2.23. The number of carboxylic acid groups (broad SMARTS) is 1. The standard InChI is InChI=1S/C24H31N5O4Si.C23H29N5O5Si/c1-15(30)20-17(33-34(5,6)24(2,3)4)12-18(32-20)29-14-27-19-21(25-13-26-22(19)29)28-23(31)16-10-8-7-9-11-16;1-23(2,3)34(4,5)33-15-11-16(32-18(15)22(30)31)28-13-26-17-19(24-12-25-20(17)28)27-21(29)14-9-7-6-8-10-14/h7-11,13-14,17-18,20H,12H2,1-6H3,(H,25,26,28,31);6-10,12-13,15-16,18H,11H2,1-5H3,(H,30,31)(H,24,25,27,29)/t17-,18-,20-;15-,16-,18+/m11/s1. The Morgan fingerprint density at radius 3 is 1.37 bits per heavy atom. The van der Waals surface area contributed by atoms with Gasteiger partial charge in [0.1, 0.15) is 31.2 Å². The molecule has 21 heteroatoms. The van der Waals surface area contributed by atoms with E-state index in [9.17, 15) is 24.3 Å². The number of carboxylic acids is 1. The number of nitrogens with zero attached hydrogens (tertiary/aromatic N) is 8. The maximum absolute atomic E-state index is 12.6. The van der Waals surface area contributed by atoms with Crippen LogP contribution in [0.2, 0.25) is 36.3 Å². The van der Waals surface area contributed by atoms with Crippen molar-refractivity contribution >= 4 is 74.2 Å². The fourth-order valence-corrected chi connectivity index (χ4v) is 10.0. The van der Waals surface area contributed by atoms with Crippen LogP contribution in [0.15, 0.2) is 86.0 Å². The molecule has 0 unspecified atom stereocenters. The van der Waals surface area contributed by atoms with E-state index in [1.54, 1.807) is 64.0 Å². The van der Waals surface area contributed by atoms with Gasteiger partial charge in [-0.1, -0.05) is 77.9 Å². The zero-order valence-corrected chi connectivity index (χ0v) is 42.3. The fraction of sp³-hybridized carbons (Fsp3) is 0.447. The van der Waals surface area contributed by atoms with E-state index < -0.39 is 53.4 Å². The highest BCUT2D eigenvalue weighted by Gasteiger charge is 2.49. The van der Waals surface area contributed by atoms with Crippen LogP contribution in [-0.4, -0.2) is 109 Å². The van der Waals surface area contributed by atoms with Crippen LogP contribution in [0.5, 0.6) is 0 Å². The van der Waals surface area contributed by atoms with Crippen LogP contribution >= 0.6 is 0 Å². The van der Waals surface area contributed by atoms with Crippen LogP contribution in [0.25, 0.3) is 22.3 Å². The molecule has 0 radical (unpaired) electrons. The maximum atomic E-state index is 12.6. The Kier molecular flexibility index (Phi) is 14.3. The summed E-state index contributed by atoms with van der Waals surface area (Å²) < 4.78 is 28.5. The van der Waals surface area contributed by atoms with Crippen molar-refractivity contribution in [2.24, 2.45) is 0 Å². The summed E-state index contributed by atoms with van der Waals surface area (Å²) in [6.07, 6.45) is 2.86. The zero-order chi connectivity index (χ0) is 49.3. The molecule has 4 aromatic heterocycles. The third kappa shape index (κ3) is 10.6. The van der Waals surface area contributed by atoms with Gasteiger partial charge in [0.15, 0.2) is 62.5 Å². The van der Waals surface area contributed by atoms with Gasteiger partial charge in [0, 0.05) is 24.0 Å². The van der Waals surface area contributed by atoms with Gasteiger partial charge in [-0.05, 0) is 67.5 Å². The number of carbonyl (C=O) groups excluding carboxylic acids is 3. The molecule has 6 atom stereocenters. The molecule has 6 aromatic rings. The molecule has 0 bridgehead atoms. The van der Waals surface area contributed by atoms with E-state index in [0.717, 1.165) is 0 Å². The van der Waals surface area contributed by atoms with Gasteiger partial charge in [-0.3, -0.25) is 23.5 Å². The normalized spacial score (nSPS) is 21.0. The van der Waals surface area contributed by atoms with Gasteiger partial charge in [0.2, 0.25) is 0 Å². The molecule has 0 spiro atoms. The van der Waals surface area contributed by atoms with Crippen LogP contribution in [0.4, 0.5) is 11.6 Å². The second-order valence-corrected chi connectivity index (χ2v) is 29.5. The number of aromatic nitrogens is 8. The number of benzene rings is 2. The minimum absolute atomic E-state index is 0.00716. The van der Waals surface area contributed by atoms with Gasteiger partial charge in [-0.15, -0.1) is 0 Å². The van der Waals surface area contributed by atoms with Gasteiger partial charge in [0.05, 0.1) is 24.9 Å². The molecule has 3 N–H and O–H groups in total. The van der Waals surface area contributed by atoms with Crippen molar-refractivity contribution < 1.29 is 42.6 Å². The third-order valence-corrected chi connectivity index (χ3v) is 22.2. The molecule has 2 fully saturated rings. The Morgan fingerprint density at radius 1 is 0.618 bits per heavy atom. The van der Waals surface area contributed by atoms with E-state index in [4.69, 9.17) is 18.3 Å². The highest BCUT2D eigenvalue weighted by atomic mass is 28.4. The Labute approximate surface area is 396 Å². The first kappa shape index (κ1) is 49.8. The van der Waals surface area contributed by atoms with Gasteiger partial charge in [0.25, 0.3) is 11.8 Å². The molecule has 8 rings (SSSR count). The predicted octanol–water partition coefficient (Wildman–Crippen LogP) is 8.19. The molecule has 2 aliphatic rings. The molecule has 2 aliphatic heterocycles. The van der Waals surface area contributed by atoms with Gasteiger partial charge in [-0.25, -0.2) is 34.7 Å². The summed E-state index contributed by atoms with van der Waals surface area (Å²) in [5, 5.41) is 15.3. The number of hydrogen-bond acceptors (Lipinski definition) is 14. The number of Topliss-reactive ketones (excluding diaryl/α,β-unsaturated/α-hetero) is 1. The lowest BCUT2D eigenvalue weighted by atomic mass is 10.1. The summed E-state index contributed by atoms with van der Waals surface area (Å²) in [5.41, 5.74) is 2.78. The Bertz CT molecular complexity index is 2600. The molecule has 0 saturated carbocycles. The Morgan fingerprint density at radius 2 is 1.00 bits per heavy atom. The van der Waals surface area contributed by atoms with E-state index in [0.29, 0.717) is 52.1 Å². The van der Waals surface area contributed by atoms with Crippen molar-refractivity contribution in [1.82, 2.24) is 39.0 Å². The number of ether oxygens (including phenoxy) is 2. The lowest BCUT2D eigenvalue weighted by Gasteiger charge is -2.39. The molecular formula is C47H60N10O9Si2. The summed E-state index contributed by atoms with van der Waals surface area (Å²) in [5.74, 6) is -1.16. The largest absolute Gasteiger partial charge is 0.479 e. The zero-order valence-electron chi connectivity index (χ0n) is 40.3. The van der Waals surface area contributed by atoms with Gasteiger partial charge < -0.3 is 34.1 Å². The number of carbonyl (C=O) groups is 4. The predicted molar refractivity (Wildman–Crippen MR) is 259 cm³/mol. The molecule has 360 valence electrons. The number of ketones is 1. The number of amides is 2. The Hall–Kier alpha value is -6.11. The van der Waals surface area contributed by atoms with Crippen LogP contribution in [0.3, 0.4) is 0 Å². The number of nitrogens with one attached hydrogen (secondary N) is 2. The summed E-state index contributed by atoms with van der Waals surface area (Å²) >= 11 is 0. The highest BCUT2D eigenvalue weighted by Crippen LogP contribution is 2.43. The average Bonchev–Trinajstić information content (AvgIpc) is 4.09. The van der Waals surface area contributed by atoms with Crippen LogP contribution in [0.1, 0.15) is 94.5 Å². The van der Waals surface area contributed by atoms with Gasteiger partial charge >= 0.3 is 5.97 Å². The summed E-state index contributed by atoms with van der Waals surface area (Å²) in [7, 11) is -4.34. The maximum Gasteiger partial charge on any atom is 0.335 e. The minimum Gasteiger partial charge on any atom is -0.479 e. The smallest absolute Gasteiger partial charge is 0.335 e. The van der Waals surface area contributed by atoms with Crippen molar-refractivity contribution in [2.75, 3.05) is 10.6 Å². The quantitative estimate of drug-likeness (QED) is 0.0981.